The maximum absolute atomic E-state index is 14.2. The van der Waals surface area contributed by atoms with E-state index in [1.807, 2.05) is 0 Å². The minimum atomic E-state index is -0.849. The fourth-order valence-electron chi connectivity index (χ4n) is 2.57. The number of benzene rings is 2. The summed E-state index contributed by atoms with van der Waals surface area (Å²) in [4.78, 5) is 0. The van der Waals surface area contributed by atoms with Gasteiger partial charge in [0.25, 0.3) is 0 Å². The molecule has 0 radical (unpaired) electrons. The number of aryl methyl sites for hydroxylation is 2. The summed E-state index contributed by atoms with van der Waals surface area (Å²) in [6.07, 6.45) is 0. The Bertz CT molecular complexity index is 898. The van der Waals surface area contributed by atoms with E-state index in [4.69, 9.17) is 11.6 Å². The van der Waals surface area contributed by atoms with Crippen molar-refractivity contribution in [3.63, 3.8) is 0 Å². The predicted octanol–water partition coefficient (Wildman–Crippen LogP) is 5.21. The fourth-order valence-corrected chi connectivity index (χ4v) is 2.81. The Hall–Kier alpha value is -2.47. The number of hydrogen-bond donors (Lipinski definition) is 1. The molecule has 0 bridgehead atoms. The molecule has 7 heteroatoms. The highest BCUT2D eigenvalue weighted by molar-refractivity contribution is 6.33. The van der Waals surface area contributed by atoms with E-state index in [-0.39, 0.29) is 10.7 Å². The summed E-state index contributed by atoms with van der Waals surface area (Å²) in [5, 5.41) is 6.94. The number of rotatable bonds is 3. The van der Waals surface area contributed by atoms with E-state index in [0.29, 0.717) is 22.6 Å². The van der Waals surface area contributed by atoms with Crippen LogP contribution < -0.4 is 5.32 Å². The van der Waals surface area contributed by atoms with Crippen LogP contribution in [-0.2, 0) is 7.05 Å². The quantitative estimate of drug-likeness (QED) is 0.702. The van der Waals surface area contributed by atoms with Gasteiger partial charge < -0.3 is 5.32 Å². The summed E-state index contributed by atoms with van der Waals surface area (Å²) < 4.78 is 42.9. The SMILES string of the molecule is Cc1nn(C)c(Nc2c(F)cc(F)cc2Cl)c1-c1ccccc1F. The van der Waals surface area contributed by atoms with Gasteiger partial charge in [-0.3, -0.25) is 4.68 Å². The van der Waals surface area contributed by atoms with Gasteiger partial charge in [-0.15, -0.1) is 0 Å². The van der Waals surface area contributed by atoms with Crippen LogP contribution >= 0.6 is 11.6 Å². The highest BCUT2D eigenvalue weighted by atomic mass is 35.5. The topological polar surface area (TPSA) is 29.9 Å². The Morgan fingerprint density at radius 1 is 1.08 bits per heavy atom. The van der Waals surface area contributed by atoms with Gasteiger partial charge in [0.15, 0.2) is 5.82 Å². The Labute approximate surface area is 141 Å². The van der Waals surface area contributed by atoms with Gasteiger partial charge in [0, 0.05) is 18.7 Å². The molecule has 2 aromatic carbocycles. The molecule has 0 aliphatic heterocycles. The maximum atomic E-state index is 14.2. The molecule has 0 spiro atoms. The lowest BCUT2D eigenvalue weighted by molar-refractivity contribution is 0.586. The zero-order chi connectivity index (χ0) is 17.4. The van der Waals surface area contributed by atoms with Crippen LogP contribution in [0, 0.1) is 24.4 Å². The second-order valence-electron chi connectivity index (χ2n) is 5.28. The Morgan fingerprint density at radius 2 is 1.79 bits per heavy atom. The minimum absolute atomic E-state index is 0.0985. The second kappa shape index (κ2) is 6.20. The van der Waals surface area contributed by atoms with Gasteiger partial charge in [-0.1, -0.05) is 29.8 Å². The molecule has 0 amide bonds. The van der Waals surface area contributed by atoms with Crippen LogP contribution in [0.15, 0.2) is 36.4 Å². The fraction of sp³-hybridized carbons (Fsp3) is 0.118. The van der Waals surface area contributed by atoms with Gasteiger partial charge in [-0.05, 0) is 19.1 Å². The van der Waals surface area contributed by atoms with E-state index in [1.165, 1.54) is 10.7 Å². The van der Waals surface area contributed by atoms with Gasteiger partial charge in [0.2, 0.25) is 0 Å². The van der Waals surface area contributed by atoms with Crippen LogP contribution in [-0.4, -0.2) is 9.78 Å². The lowest BCUT2D eigenvalue weighted by Gasteiger charge is -2.13. The van der Waals surface area contributed by atoms with E-state index in [9.17, 15) is 13.2 Å². The number of nitrogens with zero attached hydrogens (tertiary/aromatic N) is 2. The number of halogens is 4. The number of hydrogen-bond acceptors (Lipinski definition) is 2. The molecule has 0 saturated carbocycles. The molecule has 24 heavy (non-hydrogen) atoms. The molecule has 0 aliphatic rings. The summed E-state index contributed by atoms with van der Waals surface area (Å²) in [7, 11) is 1.63. The third-order valence-electron chi connectivity index (χ3n) is 3.62. The zero-order valence-electron chi connectivity index (χ0n) is 12.9. The maximum Gasteiger partial charge on any atom is 0.151 e. The van der Waals surface area contributed by atoms with E-state index >= 15 is 0 Å². The van der Waals surface area contributed by atoms with Crippen molar-refractivity contribution < 1.29 is 13.2 Å². The van der Waals surface area contributed by atoms with Gasteiger partial charge >= 0.3 is 0 Å². The molecule has 124 valence electrons. The molecule has 0 fully saturated rings. The van der Waals surface area contributed by atoms with Crippen LogP contribution in [0.3, 0.4) is 0 Å². The first-order chi connectivity index (χ1) is 11.4. The van der Waals surface area contributed by atoms with Crippen molar-refractivity contribution in [1.82, 2.24) is 9.78 Å². The van der Waals surface area contributed by atoms with Crippen molar-refractivity contribution in [1.29, 1.82) is 0 Å². The number of nitrogens with one attached hydrogen (secondary N) is 1. The third kappa shape index (κ3) is 2.85. The average Bonchev–Trinajstić information content (AvgIpc) is 2.77. The minimum Gasteiger partial charge on any atom is -0.336 e. The Kier molecular flexibility index (Phi) is 4.24. The van der Waals surface area contributed by atoms with Gasteiger partial charge in [-0.2, -0.15) is 5.10 Å². The summed E-state index contributed by atoms with van der Waals surface area (Å²) in [6, 6.07) is 7.93. The summed E-state index contributed by atoms with van der Waals surface area (Å²) in [5.74, 6) is -1.70. The standard InChI is InChI=1S/C17H13ClF3N3/c1-9-15(11-5-3-4-6-13(11)20)17(24(2)23-9)22-16-12(18)7-10(19)8-14(16)21/h3-8,22H,1-2H3. The van der Waals surface area contributed by atoms with E-state index in [1.54, 1.807) is 32.2 Å². The molecular formula is C17H13ClF3N3. The molecule has 1 aromatic heterocycles. The first-order valence-corrected chi connectivity index (χ1v) is 7.46. The molecule has 1 heterocycles. The predicted molar refractivity (Wildman–Crippen MR) is 88.0 cm³/mol. The largest absolute Gasteiger partial charge is 0.336 e. The van der Waals surface area contributed by atoms with Crippen molar-refractivity contribution in [2.45, 2.75) is 6.92 Å². The lowest BCUT2D eigenvalue weighted by atomic mass is 10.0. The molecule has 3 nitrogen and oxygen atoms in total. The van der Waals surface area contributed by atoms with Gasteiger partial charge in [-0.25, -0.2) is 13.2 Å². The monoisotopic (exact) mass is 351 g/mol. The molecule has 3 rings (SSSR count). The van der Waals surface area contributed by atoms with E-state index < -0.39 is 17.5 Å². The molecule has 0 atom stereocenters. The van der Waals surface area contributed by atoms with Crippen LogP contribution in [0.5, 0.6) is 0 Å². The zero-order valence-corrected chi connectivity index (χ0v) is 13.6. The summed E-state index contributed by atoms with van der Waals surface area (Å²) in [5.41, 5.74) is 1.27. The number of aromatic nitrogens is 2. The third-order valence-corrected chi connectivity index (χ3v) is 3.91. The average molecular weight is 352 g/mol. The molecular weight excluding hydrogens is 339 g/mol. The first kappa shape index (κ1) is 16.4. The highest BCUT2D eigenvalue weighted by Gasteiger charge is 2.20. The van der Waals surface area contributed by atoms with Gasteiger partial charge in [0.05, 0.1) is 22.0 Å². The van der Waals surface area contributed by atoms with Crippen molar-refractivity contribution >= 4 is 23.1 Å². The smallest absolute Gasteiger partial charge is 0.151 e. The van der Waals surface area contributed by atoms with Crippen LogP contribution in [0.4, 0.5) is 24.7 Å². The molecule has 1 N–H and O–H groups in total. The van der Waals surface area contributed by atoms with Crippen molar-refractivity contribution in [2.75, 3.05) is 5.32 Å². The lowest BCUT2D eigenvalue weighted by Crippen LogP contribution is -2.03. The van der Waals surface area contributed by atoms with Crippen molar-refractivity contribution in [2.24, 2.45) is 7.05 Å². The van der Waals surface area contributed by atoms with Crippen molar-refractivity contribution in [3.05, 3.63) is 64.6 Å². The van der Waals surface area contributed by atoms with E-state index in [0.717, 1.165) is 12.1 Å². The van der Waals surface area contributed by atoms with Crippen LogP contribution in [0.2, 0.25) is 5.02 Å². The Morgan fingerprint density at radius 3 is 2.46 bits per heavy atom. The molecule has 0 unspecified atom stereocenters. The summed E-state index contributed by atoms with van der Waals surface area (Å²) in [6.45, 7) is 1.72. The van der Waals surface area contributed by atoms with E-state index in [2.05, 4.69) is 10.4 Å². The Balaban J connectivity index is 2.16. The molecule has 0 saturated heterocycles. The van der Waals surface area contributed by atoms with Crippen LogP contribution in [0.1, 0.15) is 5.69 Å². The van der Waals surface area contributed by atoms with Gasteiger partial charge in [0.1, 0.15) is 17.5 Å². The number of anilines is 2. The first-order valence-electron chi connectivity index (χ1n) is 7.08. The van der Waals surface area contributed by atoms with Crippen molar-refractivity contribution in [3.8, 4) is 11.1 Å². The normalized spacial score (nSPS) is 10.9. The summed E-state index contributed by atoms with van der Waals surface area (Å²) >= 11 is 5.93. The molecule has 3 aromatic rings. The second-order valence-corrected chi connectivity index (χ2v) is 5.69. The highest BCUT2D eigenvalue weighted by Crippen LogP contribution is 2.37. The van der Waals surface area contributed by atoms with Crippen LogP contribution in [0.25, 0.3) is 11.1 Å². The molecule has 0 aliphatic carbocycles.